The molecule has 1 aromatic rings. The molecule has 2 nitrogen and oxygen atoms in total. The predicted octanol–water partition coefficient (Wildman–Crippen LogP) is 2.96. The molecule has 0 atom stereocenters. The Hall–Kier alpha value is -0.550. The van der Waals surface area contributed by atoms with Gasteiger partial charge in [-0.3, -0.25) is 0 Å². The number of hydrogen-bond acceptors (Lipinski definition) is 2. The van der Waals surface area contributed by atoms with Crippen LogP contribution in [-0.4, -0.2) is 20.3 Å². The smallest absolute Gasteiger partial charge is 0.132 e. The van der Waals surface area contributed by atoms with Crippen LogP contribution in [-0.2, 0) is 4.74 Å². The Balaban J connectivity index is 2.64. The van der Waals surface area contributed by atoms with Gasteiger partial charge in [-0.25, -0.2) is 0 Å². The van der Waals surface area contributed by atoms with Crippen molar-refractivity contribution in [2.45, 2.75) is 0 Å². The van der Waals surface area contributed by atoms with Crippen molar-refractivity contribution in [1.29, 1.82) is 0 Å². The van der Waals surface area contributed by atoms with Crippen LogP contribution in [0.1, 0.15) is 5.56 Å². The molecule has 0 radical (unpaired) electrons. The SMILES string of the molecule is C=Cc1ccc(OCCOC)c(I)c1. The second kappa shape index (κ2) is 6.03. The number of methoxy groups -OCH3 is 1. The van der Waals surface area contributed by atoms with Crippen LogP contribution in [0.5, 0.6) is 5.75 Å². The van der Waals surface area contributed by atoms with Crippen molar-refractivity contribution in [1.82, 2.24) is 0 Å². The van der Waals surface area contributed by atoms with Crippen LogP contribution < -0.4 is 4.74 Å². The molecule has 0 fully saturated rings. The van der Waals surface area contributed by atoms with Crippen molar-refractivity contribution >= 4 is 28.7 Å². The lowest BCUT2D eigenvalue weighted by molar-refractivity contribution is 0.146. The largest absolute Gasteiger partial charge is 0.490 e. The van der Waals surface area contributed by atoms with Gasteiger partial charge in [0.25, 0.3) is 0 Å². The molecule has 1 aromatic carbocycles. The summed E-state index contributed by atoms with van der Waals surface area (Å²) in [5.41, 5.74) is 1.11. The molecule has 0 bridgehead atoms. The summed E-state index contributed by atoms with van der Waals surface area (Å²) in [6, 6.07) is 5.97. The molecule has 0 saturated carbocycles. The maximum absolute atomic E-state index is 5.51. The summed E-state index contributed by atoms with van der Waals surface area (Å²) in [7, 11) is 1.66. The standard InChI is InChI=1S/C11H13IO2/c1-3-9-4-5-11(10(12)8-9)14-7-6-13-2/h3-5,8H,1,6-7H2,2H3. The molecule has 0 unspecified atom stereocenters. The maximum atomic E-state index is 5.51. The summed E-state index contributed by atoms with van der Waals surface area (Å²) in [6.45, 7) is 4.91. The van der Waals surface area contributed by atoms with E-state index < -0.39 is 0 Å². The Bertz CT molecular complexity index is 310. The van der Waals surface area contributed by atoms with Gasteiger partial charge in [0, 0.05) is 7.11 Å². The quantitative estimate of drug-likeness (QED) is 0.615. The lowest BCUT2D eigenvalue weighted by atomic mass is 10.2. The van der Waals surface area contributed by atoms with Crippen molar-refractivity contribution < 1.29 is 9.47 Å². The van der Waals surface area contributed by atoms with Gasteiger partial charge in [-0.05, 0) is 40.3 Å². The molecule has 0 saturated heterocycles. The number of benzene rings is 1. The van der Waals surface area contributed by atoms with Gasteiger partial charge in [-0.15, -0.1) is 0 Å². The molecular weight excluding hydrogens is 291 g/mol. The first kappa shape index (κ1) is 11.5. The van der Waals surface area contributed by atoms with E-state index in [1.165, 1.54) is 0 Å². The second-order valence-corrected chi connectivity index (χ2v) is 3.90. The van der Waals surface area contributed by atoms with Gasteiger partial charge in [-0.1, -0.05) is 18.7 Å². The molecule has 0 aromatic heterocycles. The van der Waals surface area contributed by atoms with Crippen LogP contribution in [0.4, 0.5) is 0 Å². The number of rotatable bonds is 5. The Morgan fingerprint density at radius 3 is 2.79 bits per heavy atom. The average molecular weight is 304 g/mol. The van der Waals surface area contributed by atoms with Gasteiger partial charge in [0.15, 0.2) is 0 Å². The minimum atomic E-state index is 0.583. The monoisotopic (exact) mass is 304 g/mol. The van der Waals surface area contributed by atoms with E-state index in [4.69, 9.17) is 9.47 Å². The minimum absolute atomic E-state index is 0.583. The Kier molecular flexibility index (Phi) is 4.97. The molecule has 0 aliphatic rings. The van der Waals surface area contributed by atoms with Crippen LogP contribution >= 0.6 is 22.6 Å². The van der Waals surface area contributed by atoms with Gasteiger partial charge in [0.2, 0.25) is 0 Å². The maximum Gasteiger partial charge on any atom is 0.132 e. The van der Waals surface area contributed by atoms with Crippen LogP contribution in [0.3, 0.4) is 0 Å². The molecule has 0 spiro atoms. The molecule has 0 heterocycles. The van der Waals surface area contributed by atoms with Gasteiger partial charge in [0.1, 0.15) is 12.4 Å². The normalized spacial score (nSPS) is 9.86. The minimum Gasteiger partial charge on any atom is -0.490 e. The fourth-order valence-corrected chi connectivity index (χ4v) is 1.69. The third-order valence-corrected chi connectivity index (χ3v) is 2.58. The van der Waals surface area contributed by atoms with Gasteiger partial charge < -0.3 is 9.47 Å². The summed E-state index contributed by atoms with van der Waals surface area (Å²) in [6.07, 6.45) is 1.82. The highest BCUT2D eigenvalue weighted by molar-refractivity contribution is 14.1. The van der Waals surface area contributed by atoms with E-state index in [2.05, 4.69) is 29.2 Å². The van der Waals surface area contributed by atoms with Crippen LogP contribution in [0.2, 0.25) is 0 Å². The van der Waals surface area contributed by atoms with Crippen molar-refractivity contribution in [3.63, 3.8) is 0 Å². The number of halogens is 1. The zero-order valence-electron chi connectivity index (χ0n) is 8.13. The van der Waals surface area contributed by atoms with Crippen LogP contribution in [0.15, 0.2) is 24.8 Å². The molecule has 0 aliphatic carbocycles. The number of ether oxygens (including phenoxy) is 2. The highest BCUT2D eigenvalue weighted by Crippen LogP contribution is 2.22. The molecule has 76 valence electrons. The number of hydrogen-bond donors (Lipinski definition) is 0. The fraction of sp³-hybridized carbons (Fsp3) is 0.273. The molecule has 0 aliphatic heterocycles. The van der Waals surface area contributed by atoms with Gasteiger partial charge in [0.05, 0.1) is 10.2 Å². The third-order valence-electron chi connectivity index (χ3n) is 1.74. The third kappa shape index (κ3) is 3.31. The molecule has 1 rings (SSSR count). The van der Waals surface area contributed by atoms with E-state index in [0.717, 1.165) is 14.9 Å². The van der Waals surface area contributed by atoms with Crippen LogP contribution in [0.25, 0.3) is 6.08 Å². The Morgan fingerprint density at radius 2 is 2.21 bits per heavy atom. The van der Waals surface area contributed by atoms with E-state index in [9.17, 15) is 0 Å². The summed E-state index contributed by atoms with van der Waals surface area (Å²) in [4.78, 5) is 0. The molecule has 0 N–H and O–H groups in total. The highest BCUT2D eigenvalue weighted by Gasteiger charge is 2.00. The van der Waals surface area contributed by atoms with Gasteiger partial charge in [-0.2, -0.15) is 0 Å². The van der Waals surface area contributed by atoms with E-state index >= 15 is 0 Å². The summed E-state index contributed by atoms with van der Waals surface area (Å²) in [5.74, 6) is 0.897. The van der Waals surface area contributed by atoms with E-state index in [-0.39, 0.29) is 0 Å². The zero-order chi connectivity index (χ0) is 10.4. The Labute approximate surface area is 98.1 Å². The first-order valence-corrected chi connectivity index (χ1v) is 5.39. The van der Waals surface area contributed by atoms with Crippen LogP contribution in [0, 0.1) is 3.57 Å². The van der Waals surface area contributed by atoms with Crippen molar-refractivity contribution in [2.75, 3.05) is 20.3 Å². The molecular formula is C11H13IO2. The summed E-state index contributed by atoms with van der Waals surface area (Å²) < 4.78 is 11.5. The summed E-state index contributed by atoms with van der Waals surface area (Å²) in [5, 5.41) is 0. The average Bonchev–Trinajstić information content (AvgIpc) is 2.20. The fourth-order valence-electron chi connectivity index (χ4n) is 0.996. The van der Waals surface area contributed by atoms with E-state index in [1.54, 1.807) is 7.11 Å². The lowest BCUT2D eigenvalue weighted by Crippen LogP contribution is -2.05. The van der Waals surface area contributed by atoms with E-state index in [1.807, 2.05) is 24.3 Å². The topological polar surface area (TPSA) is 18.5 Å². The van der Waals surface area contributed by atoms with Crippen molar-refractivity contribution in [3.8, 4) is 5.75 Å². The highest BCUT2D eigenvalue weighted by atomic mass is 127. The van der Waals surface area contributed by atoms with Gasteiger partial charge >= 0.3 is 0 Å². The molecule has 3 heteroatoms. The van der Waals surface area contributed by atoms with Crippen molar-refractivity contribution in [3.05, 3.63) is 33.9 Å². The first-order chi connectivity index (χ1) is 6.77. The lowest BCUT2D eigenvalue weighted by Gasteiger charge is -2.07. The Morgan fingerprint density at radius 1 is 1.43 bits per heavy atom. The van der Waals surface area contributed by atoms with Crippen molar-refractivity contribution in [2.24, 2.45) is 0 Å². The first-order valence-electron chi connectivity index (χ1n) is 4.31. The molecule has 14 heavy (non-hydrogen) atoms. The predicted molar refractivity (Wildman–Crippen MR) is 66.6 cm³/mol. The molecule has 0 amide bonds. The second-order valence-electron chi connectivity index (χ2n) is 2.74. The summed E-state index contributed by atoms with van der Waals surface area (Å²) >= 11 is 2.25. The zero-order valence-corrected chi connectivity index (χ0v) is 10.3. The van der Waals surface area contributed by atoms with E-state index in [0.29, 0.717) is 13.2 Å².